The second kappa shape index (κ2) is 9.39. The van der Waals surface area contributed by atoms with Gasteiger partial charge in [-0.2, -0.15) is 0 Å². The SMILES string of the molecule is Fc1ccc(CN(CCCN2CCOCC2)C2=NCCCS2)cc1. The van der Waals surface area contributed by atoms with Gasteiger partial charge < -0.3 is 9.64 Å². The molecule has 0 saturated carbocycles. The Balaban J connectivity index is 1.56. The summed E-state index contributed by atoms with van der Waals surface area (Å²) in [5, 5.41) is 1.15. The molecule has 0 radical (unpaired) electrons. The van der Waals surface area contributed by atoms with Crippen LogP contribution in [0.1, 0.15) is 18.4 Å². The van der Waals surface area contributed by atoms with E-state index in [0.717, 1.165) is 81.8 Å². The fourth-order valence-electron chi connectivity index (χ4n) is 3.00. The summed E-state index contributed by atoms with van der Waals surface area (Å²) in [6.45, 7) is 7.58. The third kappa shape index (κ3) is 5.46. The van der Waals surface area contributed by atoms with E-state index in [2.05, 4.69) is 9.80 Å². The maximum atomic E-state index is 13.1. The van der Waals surface area contributed by atoms with E-state index >= 15 is 0 Å². The maximum Gasteiger partial charge on any atom is 0.159 e. The molecule has 1 aromatic carbocycles. The predicted molar refractivity (Wildman–Crippen MR) is 98.1 cm³/mol. The topological polar surface area (TPSA) is 28.1 Å². The molecule has 0 aliphatic carbocycles. The molecule has 0 atom stereocenters. The molecule has 1 fully saturated rings. The highest BCUT2D eigenvalue weighted by atomic mass is 32.2. The van der Waals surface area contributed by atoms with Crippen LogP contribution in [0.2, 0.25) is 0 Å². The minimum Gasteiger partial charge on any atom is -0.379 e. The first-order valence-corrected chi connectivity index (χ1v) is 9.76. The quantitative estimate of drug-likeness (QED) is 0.788. The van der Waals surface area contributed by atoms with Crippen LogP contribution in [-0.4, -0.2) is 66.7 Å². The molecule has 3 rings (SSSR count). The van der Waals surface area contributed by atoms with Gasteiger partial charge in [0.15, 0.2) is 5.17 Å². The Kier molecular flexibility index (Phi) is 6.93. The maximum absolute atomic E-state index is 13.1. The highest BCUT2D eigenvalue weighted by Gasteiger charge is 2.16. The predicted octanol–water partition coefficient (Wildman–Crippen LogP) is 2.84. The molecule has 0 aromatic heterocycles. The van der Waals surface area contributed by atoms with Crippen LogP contribution in [0, 0.1) is 5.82 Å². The van der Waals surface area contributed by atoms with Crippen molar-refractivity contribution < 1.29 is 9.13 Å². The highest BCUT2D eigenvalue weighted by Crippen LogP contribution is 2.19. The summed E-state index contributed by atoms with van der Waals surface area (Å²) < 4.78 is 18.5. The third-order valence-corrected chi connectivity index (χ3v) is 5.48. The second-order valence-electron chi connectivity index (χ2n) is 6.22. The fraction of sp³-hybridized carbons (Fsp3) is 0.611. The van der Waals surface area contributed by atoms with Crippen molar-refractivity contribution in [1.29, 1.82) is 0 Å². The Morgan fingerprint density at radius 2 is 2.00 bits per heavy atom. The van der Waals surface area contributed by atoms with Gasteiger partial charge in [0.05, 0.1) is 13.2 Å². The van der Waals surface area contributed by atoms with Gasteiger partial charge in [-0.3, -0.25) is 9.89 Å². The van der Waals surface area contributed by atoms with Gasteiger partial charge in [-0.15, -0.1) is 0 Å². The first-order valence-electron chi connectivity index (χ1n) is 8.78. The normalized spacial score (nSPS) is 19.1. The number of aliphatic imine (C=N–C) groups is 1. The second-order valence-corrected chi connectivity index (χ2v) is 7.28. The molecule has 2 heterocycles. The summed E-state index contributed by atoms with van der Waals surface area (Å²) in [5.74, 6) is 0.962. The van der Waals surface area contributed by atoms with Crippen molar-refractivity contribution in [3.05, 3.63) is 35.6 Å². The fourth-order valence-corrected chi connectivity index (χ4v) is 3.98. The third-order valence-electron chi connectivity index (χ3n) is 4.34. The van der Waals surface area contributed by atoms with E-state index in [-0.39, 0.29) is 5.82 Å². The van der Waals surface area contributed by atoms with E-state index < -0.39 is 0 Å². The van der Waals surface area contributed by atoms with Crippen molar-refractivity contribution in [3.8, 4) is 0 Å². The van der Waals surface area contributed by atoms with E-state index in [1.165, 1.54) is 12.1 Å². The zero-order valence-electron chi connectivity index (χ0n) is 14.1. The Labute approximate surface area is 148 Å². The van der Waals surface area contributed by atoms with E-state index in [0.29, 0.717) is 0 Å². The van der Waals surface area contributed by atoms with Crippen molar-refractivity contribution in [1.82, 2.24) is 9.80 Å². The monoisotopic (exact) mass is 351 g/mol. The summed E-state index contributed by atoms with van der Waals surface area (Å²) in [5.41, 5.74) is 1.14. The van der Waals surface area contributed by atoms with Crippen molar-refractivity contribution in [2.75, 3.05) is 51.7 Å². The number of nitrogens with zero attached hydrogens (tertiary/aromatic N) is 3. The van der Waals surface area contributed by atoms with E-state index in [4.69, 9.17) is 9.73 Å². The molecule has 1 aromatic rings. The molecule has 1 saturated heterocycles. The van der Waals surface area contributed by atoms with Gasteiger partial charge in [0, 0.05) is 45.0 Å². The number of thioether (sulfide) groups is 1. The Morgan fingerprint density at radius 3 is 2.71 bits per heavy atom. The molecule has 0 unspecified atom stereocenters. The number of morpholine rings is 1. The van der Waals surface area contributed by atoms with E-state index in [1.807, 2.05) is 23.9 Å². The largest absolute Gasteiger partial charge is 0.379 e. The Hall–Kier alpha value is -1.11. The molecule has 2 aliphatic rings. The van der Waals surface area contributed by atoms with Crippen LogP contribution in [0.25, 0.3) is 0 Å². The van der Waals surface area contributed by atoms with Crippen LogP contribution < -0.4 is 0 Å². The van der Waals surface area contributed by atoms with Gasteiger partial charge in [-0.05, 0) is 30.5 Å². The smallest absolute Gasteiger partial charge is 0.159 e. The number of benzene rings is 1. The van der Waals surface area contributed by atoms with Crippen LogP contribution in [0.5, 0.6) is 0 Å². The lowest BCUT2D eigenvalue weighted by molar-refractivity contribution is 0.0368. The number of halogens is 1. The summed E-state index contributed by atoms with van der Waals surface area (Å²) >= 11 is 1.85. The molecule has 24 heavy (non-hydrogen) atoms. The summed E-state index contributed by atoms with van der Waals surface area (Å²) in [6, 6.07) is 6.82. The van der Waals surface area contributed by atoms with E-state index in [1.54, 1.807) is 0 Å². The first kappa shape index (κ1) is 17.7. The van der Waals surface area contributed by atoms with Crippen LogP contribution in [0.3, 0.4) is 0 Å². The van der Waals surface area contributed by atoms with Crippen molar-refractivity contribution in [2.45, 2.75) is 19.4 Å². The molecule has 0 amide bonds. The van der Waals surface area contributed by atoms with Gasteiger partial charge in [-0.25, -0.2) is 4.39 Å². The lowest BCUT2D eigenvalue weighted by Gasteiger charge is -2.30. The van der Waals surface area contributed by atoms with Crippen molar-refractivity contribution >= 4 is 16.9 Å². The molecular weight excluding hydrogens is 325 g/mol. The minimum absolute atomic E-state index is 0.179. The van der Waals surface area contributed by atoms with Crippen LogP contribution >= 0.6 is 11.8 Å². The molecule has 0 N–H and O–H groups in total. The summed E-state index contributed by atoms with van der Waals surface area (Å²) in [7, 11) is 0. The molecule has 0 spiro atoms. The average Bonchev–Trinajstić information content (AvgIpc) is 2.64. The van der Waals surface area contributed by atoms with Gasteiger partial charge >= 0.3 is 0 Å². The van der Waals surface area contributed by atoms with Gasteiger partial charge in [0.1, 0.15) is 5.82 Å². The van der Waals surface area contributed by atoms with Gasteiger partial charge in [0.25, 0.3) is 0 Å². The van der Waals surface area contributed by atoms with Crippen molar-refractivity contribution in [2.24, 2.45) is 4.99 Å². The number of ether oxygens (including phenoxy) is 1. The van der Waals surface area contributed by atoms with Crippen molar-refractivity contribution in [3.63, 3.8) is 0 Å². The van der Waals surface area contributed by atoms with Crippen LogP contribution in [0.4, 0.5) is 4.39 Å². The lowest BCUT2D eigenvalue weighted by Crippen LogP contribution is -2.39. The zero-order chi connectivity index (χ0) is 16.6. The molecule has 132 valence electrons. The van der Waals surface area contributed by atoms with Gasteiger partial charge in [-0.1, -0.05) is 23.9 Å². The summed E-state index contributed by atoms with van der Waals surface area (Å²) in [6.07, 6.45) is 2.27. The number of hydrogen-bond acceptors (Lipinski definition) is 5. The van der Waals surface area contributed by atoms with E-state index in [9.17, 15) is 4.39 Å². The minimum atomic E-state index is -0.179. The molecule has 4 nitrogen and oxygen atoms in total. The standard InChI is InChI=1S/C18H26FN3OS/c19-17-5-3-16(4-6-17)15-22(18-20-7-1-14-24-18)9-2-8-21-10-12-23-13-11-21/h3-6H,1-2,7-15H2. The Morgan fingerprint density at radius 1 is 1.21 bits per heavy atom. The molecule has 2 aliphatic heterocycles. The summed E-state index contributed by atoms with van der Waals surface area (Å²) in [4.78, 5) is 9.53. The number of amidine groups is 1. The number of rotatable bonds is 6. The highest BCUT2D eigenvalue weighted by molar-refractivity contribution is 8.13. The molecule has 0 bridgehead atoms. The van der Waals surface area contributed by atoms with Crippen LogP contribution in [0.15, 0.2) is 29.3 Å². The first-order chi connectivity index (χ1) is 11.8. The molecule has 6 heteroatoms. The van der Waals surface area contributed by atoms with Crippen LogP contribution in [-0.2, 0) is 11.3 Å². The van der Waals surface area contributed by atoms with Gasteiger partial charge in [0.2, 0.25) is 0 Å². The Bertz CT molecular complexity index is 532. The number of hydrogen-bond donors (Lipinski definition) is 0. The average molecular weight is 351 g/mol. The molecular formula is C18H26FN3OS. The lowest BCUT2D eigenvalue weighted by atomic mass is 10.2. The zero-order valence-corrected chi connectivity index (χ0v) is 14.9.